The maximum Gasteiger partial charge on any atom is 0.0406 e. The standard InChI is InChI=1S/C14H16ClN/c15-13-3-1-11(2-4-13)12-7-9-16(10-8-12)14-5-6-14/h1-4,7,14H,5-6,8-10H2. The predicted octanol–water partition coefficient (Wildman–Crippen LogP) is 3.59. The summed E-state index contributed by atoms with van der Waals surface area (Å²) in [4.78, 5) is 2.60. The van der Waals surface area contributed by atoms with Gasteiger partial charge in [0.1, 0.15) is 0 Å². The Morgan fingerprint density at radius 3 is 2.44 bits per heavy atom. The Morgan fingerprint density at radius 2 is 1.88 bits per heavy atom. The third-order valence-corrected chi connectivity index (χ3v) is 3.77. The van der Waals surface area contributed by atoms with E-state index in [9.17, 15) is 0 Å². The van der Waals surface area contributed by atoms with E-state index in [2.05, 4.69) is 23.1 Å². The van der Waals surface area contributed by atoms with Crippen LogP contribution in [0.4, 0.5) is 0 Å². The SMILES string of the molecule is Clc1ccc(C2=CCN(C3CC3)CC2)cc1. The van der Waals surface area contributed by atoms with Crippen molar-refractivity contribution in [2.24, 2.45) is 0 Å². The van der Waals surface area contributed by atoms with Crippen LogP contribution < -0.4 is 0 Å². The molecular formula is C14H16ClN. The first-order valence-corrected chi connectivity index (χ1v) is 6.40. The Bertz CT molecular complexity index is 403. The van der Waals surface area contributed by atoms with Crippen molar-refractivity contribution >= 4 is 17.2 Å². The second-order valence-corrected chi connectivity index (χ2v) is 5.15. The van der Waals surface area contributed by atoms with Crippen molar-refractivity contribution in [3.8, 4) is 0 Å². The summed E-state index contributed by atoms with van der Waals surface area (Å²) in [6, 6.07) is 9.10. The molecule has 2 heteroatoms. The number of hydrogen-bond acceptors (Lipinski definition) is 1. The van der Waals surface area contributed by atoms with Crippen LogP contribution in [0, 0.1) is 0 Å². The highest BCUT2D eigenvalue weighted by atomic mass is 35.5. The summed E-state index contributed by atoms with van der Waals surface area (Å²) in [5.74, 6) is 0. The minimum atomic E-state index is 0.819. The van der Waals surface area contributed by atoms with Crippen LogP contribution in [0.2, 0.25) is 5.02 Å². The lowest BCUT2D eigenvalue weighted by molar-refractivity contribution is 0.291. The molecule has 3 rings (SSSR count). The molecule has 0 saturated heterocycles. The quantitative estimate of drug-likeness (QED) is 0.755. The molecule has 1 aromatic rings. The zero-order valence-corrected chi connectivity index (χ0v) is 10.1. The summed E-state index contributed by atoms with van der Waals surface area (Å²) in [6.45, 7) is 2.35. The highest BCUT2D eigenvalue weighted by molar-refractivity contribution is 6.30. The van der Waals surface area contributed by atoms with Gasteiger partial charge in [-0.05, 0) is 42.5 Å². The molecule has 1 saturated carbocycles. The molecule has 1 heterocycles. The zero-order chi connectivity index (χ0) is 11.0. The van der Waals surface area contributed by atoms with E-state index in [0.717, 1.165) is 17.6 Å². The minimum Gasteiger partial charge on any atom is -0.296 e. The van der Waals surface area contributed by atoms with Gasteiger partial charge in [-0.25, -0.2) is 0 Å². The van der Waals surface area contributed by atoms with Crippen LogP contribution in [0.15, 0.2) is 30.3 Å². The van der Waals surface area contributed by atoms with E-state index in [1.54, 1.807) is 0 Å². The van der Waals surface area contributed by atoms with E-state index in [-0.39, 0.29) is 0 Å². The average molecular weight is 234 g/mol. The molecule has 1 aromatic carbocycles. The molecule has 0 aromatic heterocycles. The second kappa shape index (κ2) is 4.23. The van der Waals surface area contributed by atoms with Crippen molar-refractivity contribution in [2.75, 3.05) is 13.1 Å². The lowest BCUT2D eigenvalue weighted by Gasteiger charge is -2.26. The van der Waals surface area contributed by atoms with Gasteiger partial charge in [0.25, 0.3) is 0 Å². The third-order valence-electron chi connectivity index (χ3n) is 3.52. The molecule has 16 heavy (non-hydrogen) atoms. The van der Waals surface area contributed by atoms with Gasteiger partial charge in [0.15, 0.2) is 0 Å². The number of rotatable bonds is 2. The lowest BCUT2D eigenvalue weighted by Crippen LogP contribution is -2.30. The van der Waals surface area contributed by atoms with Gasteiger partial charge in [0.05, 0.1) is 0 Å². The van der Waals surface area contributed by atoms with Crippen LogP contribution >= 0.6 is 11.6 Å². The van der Waals surface area contributed by atoms with E-state index >= 15 is 0 Å². The monoisotopic (exact) mass is 233 g/mol. The molecule has 0 bridgehead atoms. The van der Waals surface area contributed by atoms with E-state index in [1.807, 2.05) is 12.1 Å². The first-order chi connectivity index (χ1) is 7.83. The molecule has 0 atom stereocenters. The van der Waals surface area contributed by atoms with Gasteiger partial charge in [-0.3, -0.25) is 4.90 Å². The van der Waals surface area contributed by atoms with Crippen molar-refractivity contribution in [1.29, 1.82) is 0 Å². The third kappa shape index (κ3) is 2.16. The van der Waals surface area contributed by atoms with Crippen LogP contribution in [0.3, 0.4) is 0 Å². The average Bonchev–Trinajstić information content (AvgIpc) is 3.14. The van der Waals surface area contributed by atoms with E-state index in [4.69, 9.17) is 11.6 Å². The molecular weight excluding hydrogens is 218 g/mol. The van der Waals surface area contributed by atoms with E-state index < -0.39 is 0 Å². The molecule has 0 amide bonds. The molecule has 1 fully saturated rings. The molecule has 1 aliphatic heterocycles. The Kier molecular flexibility index (Phi) is 2.74. The molecule has 0 radical (unpaired) electrons. The van der Waals surface area contributed by atoms with Crippen LogP contribution in [-0.4, -0.2) is 24.0 Å². The summed E-state index contributed by atoms with van der Waals surface area (Å²) < 4.78 is 0. The molecule has 1 nitrogen and oxygen atoms in total. The van der Waals surface area contributed by atoms with Gasteiger partial charge in [-0.1, -0.05) is 29.8 Å². The van der Waals surface area contributed by atoms with Gasteiger partial charge in [-0.2, -0.15) is 0 Å². The lowest BCUT2D eigenvalue weighted by atomic mass is 9.99. The summed E-state index contributed by atoms with van der Waals surface area (Å²) in [5, 5.41) is 0.819. The fraction of sp³-hybridized carbons (Fsp3) is 0.429. The summed E-state index contributed by atoms with van der Waals surface area (Å²) in [7, 11) is 0. The van der Waals surface area contributed by atoms with Gasteiger partial charge in [0, 0.05) is 24.2 Å². The molecule has 0 spiro atoms. The number of nitrogens with zero attached hydrogens (tertiary/aromatic N) is 1. The first kappa shape index (κ1) is 10.4. The smallest absolute Gasteiger partial charge is 0.0406 e. The van der Waals surface area contributed by atoms with Crippen molar-refractivity contribution in [3.05, 3.63) is 40.9 Å². The number of benzene rings is 1. The fourth-order valence-electron chi connectivity index (χ4n) is 2.38. The van der Waals surface area contributed by atoms with E-state index in [0.29, 0.717) is 0 Å². The Labute approximate surface area is 102 Å². The summed E-state index contributed by atoms with van der Waals surface area (Å²) in [6.07, 6.45) is 6.37. The topological polar surface area (TPSA) is 3.24 Å². The van der Waals surface area contributed by atoms with Gasteiger partial charge in [0.2, 0.25) is 0 Å². The van der Waals surface area contributed by atoms with Crippen molar-refractivity contribution in [1.82, 2.24) is 4.90 Å². The maximum atomic E-state index is 5.90. The van der Waals surface area contributed by atoms with Gasteiger partial charge >= 0.3 is 0 Å². The highest BCUT2D eigenvalue weighted by Crippen LogP contribution is 2.31. The summed E-state index contributed by atoms with van der Waals surface area (Å²) >= 11 is 5.90. The maximum absolute atomic E-state index is 5.90. The van der Waals surface area contributed by atoms with Crippen LogP contribution in [-0.2, 0) is 0 Å². The molecule has 1 aliphatic carbocycles. The normalized spacial score (nSPS) is 21.9. The predicted molar refractivity (Wildman–Crippen MR) is 68.6 cm³/mol. The first-order valence-electron chi connectivity index (χ1n) is 6.02. The van der Waals surface area contributed by atoms with Crippen molar-refractivity contribution < 1.29 is 0 Å². The van der Waals surface area contributed by atoms with Crippen LogP contribution in [0.5, 0.6) is 0 Å². The van der Waals surface area contributed by atoms with Crippen molar-refractivity contribution in [2.45, 2.75) is 25.3 Å². The summed E-state index contributed by atoms with van der Waals surface area (Å²) in [5.41, 5.74) is 2.81. The van der Waals surface area contributed by atoms with Crippen LogP contribution in [0.25, 0.3) is 5.57 Å². The van der Waals surface area contributed by atoms with Crippen LogP contribution in [0.1, 0.15) is 24.8 Å². The minimum absolute atomic E-state index is 0.819. The Balaban J connectivity index is 1.73. The Hall–Kier alpha value is -0.790. The second-order valence-electron chi connectivity index (χ2n) is 4.71. The fourth-order valence-corrected chi connectivity index (χ4v) is 2.51. The molecule has 0 N–H and O–H groups in total. The molecule has 84 valence electrons. The highest BCUT2D eigenvalue weighted by Gasteiger charge is 2.29. The number of halogens is 1. The molecule has 2 aliphatic rings. The largest absolute Gasteiger partial charge is 0.296 e. The molecule has 0 unspecified atom stereocenters. The number of hydrogen-bond donors (Lipinski definition) is 0. The Morgan fingerprint density at radius 1 is 1.12 bits per heavy atom. The zero-order valence-electron chi connectivity index (χ0n) is 9.32. The van der Waals surface area contributed by atoms with Gasteiger partial charge in [-0.15, -0.1) is 0 Å². The van der Waals surface area contributed by atoms with Crippen molar-refractivity contribution in [3.63, 3.8) is 0 Å². The van der Waals surface area contributed by atoms with E-state index in [1.165, 1.54) is 36.9 Å². The van der Waals surface area contributed by atoms with Gasteiger partial charge < -0.3 is 0 Å².